The van der Waals surface area contributed by atoms with Gasteiger partial charge in [-0.1, -0.05) is 38.1 Å². The minimum absolute atomic E-state index is 0.0997. The van der Waals surface area contributed by atoms with Gasteiger partial charge in [0.25, 0.3) is 5.91 Å². The summed E-state index contributed by atoms with van der Waals surface area (Å²) in [4.78, 5) is 15.7. The number of rotatable bonds is 5. The van der Waals surface area contributed by atoms with Gasteiger partial charge in [0.1, 0.15) is 5.82 Å². The van der Waals surface area contributed by atoms with Gasteiger partial charge < -0.3 is 10.2 Å². The van der Waals surface area contributed by atoms with Crippen molar-refractivity contribution in [3.63, 3.8) is 0 Å². The second-order valence-electron chi connectivity index (χ2n) is 9.54. The first-order valence-corrected chi connectivity index (χ1v) is 11.7. The molecule has 2 aliphatic rings. The Bertz CT molecular complexity index is 1010. The molecule has 1 N–H and O–H groups in total. The standard InChI is InChI=1S/C26H33FN4O/c1-16(2)15-31-12-10-20(11-13-31)28-26(32)25-23-14-19(8-9-22(23)18(4)29-30-25)21-6-5-7-24(27)17(21)3/h5-9,14,16,18,20,25H,10-13,15H2,1-4H3,(H,28,32). The van der Waals surface area contributed by atoms with E-state index in [2.05, 4.69) is 34.3 Å². The first kappa shape index (κ1) is 22.6. The second kappa shape index (κ2) is 9.49. The number of halogens is 1. The Morgan fingerprint density at radius 1 is 1.16 bits per heavy atom. The molecule has 1 amide bonds. The van der Waals surface area contributed by atoms with Crippen molar-refractivity contribution in [1.82, 2.24) is 10.2 Å². The molecule has 2 unspecified atom stereocenters. The van der Waals surface area contributed by atoms with Crippen LogP contribution < -0.4 is 5.32 Å². The average Bonchev–Trinajstić information content (AvgIpc) is 2.76. The maximum absolute atomic E-state index is 14.1. The van der Waals surface area contributed by atoms with Crippen LogP contribution in [0.25, 0.3) is 11.1 Å². The zero-order valence-electron chi connectivity index (χ0n) is 19.4. The number of piperidine rings is 1. The summed E-state index contributed by atoms with van der Waals surface area (Å²) in [5.74, 6) is 0.321. The smallest absolute Gasteiger partial charge is 0.251 e. The molecule has 2 aromatic carbocycles. The van der Waals surface area contributed by atoms with Crippen molar-refractivity contribution in [2.75, 3.05) is 19.6 Å². The molecule has 0 aliphatic carbocycles. The first-order chi connectivity index (χ1) is 15.3. The van der Waals surface area contributed by atoms with Crippen LogP contribution in [0.3, 0.4) is 0 Å². The van der Waals surface area contributed by atoms with Crippen molar-refractivity contribution in [2.24, 2.45) is 16.1 Å². The molecular weight excluding hydrogens is 403 g/mol. The molecule has 0 bridgehead atoms. The molecule has 4 rings (SSSR count). The number of benzene rings is 2. The SMILES string of the molecule is Cc1c(F)cccc1-c1ccc2c(c1)C(C(=O)NC1CCN(CC(C)C)CC1)N=NC2C. The van der Waals surface area contributed by atoms with E-state index >= 15 is 0 Å². The third-order valence-electron chi connectivity index (χ3n) is 6.57. The fourth-order valence-electron chi connectivity index (χ4n) is 4.82. The number of carbonyl (C=O) groups excluding carboxylic acids is 1. The van der Waals surface area contributed by atoms with Crippen molar-refractivity contribution in [2.45, 2.75) is 58.7 Å². The van der Waals surface area contributed by atoms with E-state index in [4.69, 9.17) is 0 Å². The Labute approximate surface area is 190 Å². The van der Waals surface area contributed by atoms with Gasteiger partial charge in [-0.25, -0.2) is 4.39 Å². The van der Waals surface area contributed by atoms with Gasteiger partial charge in [-0.15, -0.1) is 0 Å². The number of amides is 1. The van der Waals surface area contributed by atoms with Gasteiger partial charge in [-0.2, -0.15) is 10.2 Å². The molecular formula is C26H33FN4O. The van der Waals surface area contributed by atoms with Crippen molar-refractivity contribution in [3.05, 3.63) is 58.9 Å². The number of hydrogen-bond acceptors (Lipinski definition) is 4. The summed E-state index contributed by atoms with van der Waals surface area (Å²) in [5.41, 5.74) is 4.20. The van der Waals surface area contributed by atoms with Crippen LogP contribution in [0.5, 0.6) is 0 Å². The molecule has 0 radical (unpaired) electrons. The quantitative estimate of drug-likeness (QED) is 0.663. The van der Waals surface area contributed by atoms with Crippen molar-refractivity contribution in [3.8, 4) is 11.1 Å². The van der Waals surface area contributed by atoms with Gasteiger partial charge in [-0.3, -0.25) is 4.79 Å². The lowest BCUT2D eigenvalue weighted by molar-refractivity contribution is -0.123. The van der Waals surface area contributed by atoms with Crippen molar-refractivity contribution >= 4 is 5.91 Å². The lowest BCUT2D eigenvalue weighted by Gasteiger charge is -2.34. The average molecular weight is 437 g/mol. The lowest BCUT2D eigenvalue weighted by atomic mass is 9.89. The molecule has 0 saturated carbocycles. The topological polar surface area (TPSA) is 57.1 Å². The maximum atomic E-state index is 14.1. The predicted molar refractivity (Wildman–Crippen MR) is 125 cm³/mol. The first-order valence-electron chi connectivity index (χ1n) is 11.7. The van der Waals surface area contributed by atoms with E-state index in [0.717, 1.165) is 54.7 Å². The van der Waals surface area contributed by atoms with Gasteiger partial charge in [0, 0.05) is 25.7 Å². The zero-order chi connectivity index (χ0) is 22.8. The van der Waals surface area contributed by atoms with E-state index in [0.29, 0.717) is 11.5 Å². The Balaban J connectivity index is 1.53. The highest BCUT2D eigenvalue weighted by Crippen LogP contribution is 2.38. The summed E-state index contributed by atoms with van der Waals surface area (Å²) in [7, 11) is 0. The Morgan fingerprint density at radius 3 is 2.62 bits per heavy atom. The van der Waals surface area contributed by atoms with Gasteiger partial charge in [-0.05, 0) is 72.6 Å². The Hall–Kier alpha value is -2.60. The molecule has 32 heavy (non-hydrogen) atoms. The summed E-state index contributed by atoms with van der Waals surface area (Å²) >= 11 is 0. The van der Waals surface area contributed by atoms with Gasteiger partial charge in [0.05, 0.1) is 6.04 Å². The molecule has 170 valence electrons. The summed E-state index contributed by atoms with van der Waals surface area (Å²) in [5, 5.41) is 11.9. The maximum Gasteiger partial charge on any atom is 0.251 e. The van der Waals surface area contributed by atoms with Gasteiger partial charge >= 0.3 is 0 Å². The highest BCUT2D eigenvalue weighted by atomic mass is 19.1. The van der Waals surface area contributed by atoms with Crippen molar-refractivity contribution in [1.29, 1.82) is 0 Å². The lowest BCUT2D eigenvalue weighted by Crippen LogP contribution is -2.46. The van der Waals surface area contributed by atoms with Gasteiger partial charge in [0.2, 0.25) is 0 Å². The third-order valence-corrected chi connectivity index (χ3v) is 6.57. The van der Waals surface area contributed by atoms with Crippen molar-refractivity contribution < 1.29 is 9.18 Å². The van der Waals surface area contributed by atoms with Crippen LogP contribution in [0, 0.1) is 18.7 Å². The van der Waals surface area contributed by atoms with Crippen LogP contribution >= 0.6 is 0 Å². The van der Waals surface area contributed by atoms with Crippen LogP contribution in [-0.4, -0.2) is 36.5 Å². The molecule has 2 aromatic rings. The molecule has 1 saturated heterocycles. The largest absolute Gasteiger partial charge is 0.351 e. The number of likely N-dealkylation sites (tertiary alicyclic amines) is 1. The van der Waals surface area contributed by atoms with Crippen LogP contribution in [0.15, 0.2) is 46.6 Å². The van der Waals surface area contributed by atoms with Gasteiger partial charge in [0.15, 0.2) is 6.04 Å². The summed E-state index contributed by atoms with van der Waals surface area (Å²) in [6.07, 6.45) is 1.90. The highest BCUT2D eigenvalue weighted by molar-refractivity contribution is 5.85. The van der Waals surface area contributed by atoms with E-state index < -0.39 is 6.04 Å². The Kier molecular flexibility index (Phi) is 6.70. The molecule has 5 nitrogen and oxygen atoms in total. The number of hydrogen-bond donors (Lipinski definition) is 1. The molecule has 0 spiro atoms. The number of nitrogens with one attached hydrogen (secondary N) is 1. The zero-order valence-corrected chi connectivity index (χ0v) is 19.4. The fraction of sp³-hybridized carbons (Fsp3) is 0.500. The summed E-state index contributed by atoms with van der Waals surface area (Å²) < 4.78 is 14.1. The number of azo groups is 1. The van der Waals surface area contributed by atoms with E-state index in [1.807, 2.05) is 31.2 Å². The number of fused-ring (bicyclic) bond motifs is 1. The molecule has 0 aromatic heterocycles. The molecule has 1 fully saturated rings. The van der Waals surface area contributed by atoms with E-state index in [1.165, 1.54) is 6.07 Å². The predicted octanol–water partition coefficient (Wildman–Crippen LogP) is 5.61. The number of nitrogens with zero attached hydrogens (tertiary/aromatic N) is 3. The van der Waals surface area contributed by atoms with Crippen LogP contribution in [0.2, 0.25) is 0 Å². The minimum Gasteiger partial charge on any atom is -0.351 e. The van der Waals surface area contributed by atoms with Crippen LogP contribution in [0.4, 0.5) is 4.39 Å². The van der Waals surface area contributed by atoms with Crippen LogP contribution in [-0.2, 0) is 4.79 Å². The monoisotopic (exact) mass is 436 g/mol. The molecule has 2 atom stereocenters. The third kappa shape index (κ3) is 4.75. The Morgan fingerprint density at radius 2 is 1.91 bits per heavy atom. The molecule has 2 heterocycles. The molecule has 2 aliphatic heterocycles. The minimum atomic E-state index is -0.663. The number of carbonyl (C=O) groups is 1. The van der Waals surface area contributed by atoms with E-state index in [9.17, 15) is 9.18 Å². The molecule has 6 heteroatoms. The fourth-order valence-corrected chi connectivity index (χ4v) is 4.82. The normalized spacial score (nSPS) is 21.6. The second-order valence-corrected chi connectivity index (χ2v) is 9.54. The van der Waals surface area contributed by atoms with E-state index in [-0.39, 0.29) is 23.8 Å². The van der Waals surface area contributed by atoms with E-state index in [1.54, 1.807) is 13.0 Å². The summed E-state index contributed by atoms with van der Waals surface area (Å²) in [6, 6.07) is 10.5. The highest BCUT2D eigenvalue weighted by Gasteiger charge is 2.31. The van der Waals surface area contributed by atoms with Crippen LogP contribution in [0.1, 0.15) is 62.4 Å². The summed E-state index contributed by atoms with van der Waals surface area (Å²) in [6.45, 7) is 11.3.